The second-order valence-electron chi connectivity index (χ2n) is 2.73. The van der Waals surface area contributed by atoms with E-state index in [0.717, 1.165) is 5.56 Å². The lowest BCUT2D eigenvalue weighted by atomic mass is 10.1. The number of hydrogen-bond donors (Lipinski definition) is 0. The zero-order valence-corrected chi connectivity index (χ0v) is 8.67. The highest BCUT2D eigenvalue weighted by Gasteiger charge is 2.17. The van der Waals surface area contributed by atoms with E-state index < -0.39 is 4.92 Å². The molecule has 14 heavy (non-hydrogen) atoms. The molecule has 5 heteroatoms. The van der Waals surface area contributed by atoms with Crippen molar-refractivity contribution in [1.82, 2.24) is 0 Å². The van der Waals surface area contributed by atoms with Gasteiger partial charge in [-0.05, 0) is 18.1 Å². The first-order valence-corrected chi connectivity index (χ1v) is 4.48. The van der Waals surface area contributed by atoms with Crippen LogP contribution in [-0.4, -0.2) is 12.0 Å². The number of halogens is 1. The van der Waals surface area contributed by atoms with Crippen LogP contribution in [-0.2, 0) is 6.42 Å². The molecule has 0 aliphatic rings. The minimum absolute atomic E-state index is 0.102. The molecule has 0 aromatic heterocycles. The van der Waals surface area contributed by atoms with Gasteiger partial charge in [-0.3, -0.25) is 10.1 Å². The average molecular weight is 216 g/mol. The van der Waals surface area contributed by atoms with Gasteiger partial charge in [-0.25, -0.2) is 0 Å². The van der Waals surface area contributed by atoms with Gasteiger partial charge in [-0.2, -0.15) is 0 Å². The van der Waals surface area contributed by atoms with Crippen LogP contribution in [0.25, 0.3) is 0 Å². The van der Waals surface area contributed by atoms with Crippen molar-refractivity contribution in [2.24, 2.45) is 0 Å². The number of nitrogens with zero attached hydrogens (tertiary/aromatic N) is 1. The molecule has 4 nitrogen and oxygen atoms in total. The van der Waals surface area contributed by atoms with Gasteiger partial charge in [-0.1, -0.05) is 18.5 Å². The summed E-state index contributed by atoms with van der Waals surface area (Å²) in [7, 11) is 1.40. The highest BCUT2D eigenvalue weighted by atomic mass is 35.5. The van der Waals surface area contributed by atoms with Gasteiger partial charge in [0.25, 0.3) is 0 Å². The van der Waals surface area contributed by atoms with Crippen LogP contribution >= 0.6 is 11.6 Å². The van der Waals surface area contributed by atoms with Crippen molar-refractivity contribution in [3.05, 3.63) is 32.8 Å². The van der Waals surface area contributed by atoms with Crippen LogP contribution in [0.1, 0.15) is 12.5 Å². The maximum absolute atomic E-state index is 10.6. The Hall–Kier alpha value is -1.29. The topological polar surface area (TPSA) is 52.4 Å². The molecule has 0 spiro atoms. The van der Waals surface area contributed by atoms with Crippen molar-refractivity contribution in [1.29, 1.82) is 0 Å². The maximum Gasteiger partial charge on any atom is 0.312 e. The number of aryl methyl sites for hydroxylation is 1. The number of hydrogen-bond acceptors (Lipinski definition) is 3. The third kappa shape index (κ3) is 1.96. The van der Waals surface area contributed by atoms with Crippen LogP contribution in [0.3, 0.4) is 0 Å². The van der Waals surface area contributed by atoms with Gasteiger partial charge in [0, 0.05) is 6.07 Å². The summed E-state index contributed by atoms with van der Waals surface area (Å²) in [5.41, 5.74) is 0.740. The third-order valence-corrected chi connectivity index (χ3v) is 2.28. The van der Waals surface area contributed by atoms with E-state index in [1.807, 2.05) is 6.92 Å². The van der Waals surface area contributed by atoms with E-state index in [1.54, 1.807) is 6.07 Å². The largest absolute Gasteiger partial charge is 0.490 e. The van der Waals surface area contributed by atoms with Crippen LogP contribution in [0.5, 0.6) is 5.75 Å². The Bertz CT molecular complexity index is 365. The lowest BCUT2D eigenvalue weighted by molar-refractivity contribution is -0.385. The second-order valence-corrected chi connectivity index (χ2v) is 3.13. The summed E-state index contributed by atoms with van der Waals surface area (Å²) in [6.45, 7) is 1.92. The minimum atomic E-state index is -0.510. The summed E-state index contributed by atoms with van der Waals surface area (Å²) in [6, 6.07) is 2.92. The summed E-state index contributed by atoms with van der Waals surface area (Å²) in [6.07, 6.45) is 0.715. The number of nitro benzene ring substituents is 1. The molecule has 1 aromatic rings. The fourth-order valence-electron chi connectivity index (χ4n) is 1.16. The van der Waals surface area contributed by atoms with Crippen LogP contribution in [0, 0.1) is 10.1 Å². The molecule has 76 valence electrons. The molecule has 1 rings (SSSR count). The Morgan fingerprint density at radius 1 is 1.57 bits per heavy atom. The van der Waals surface area contributed by atoms with Crippen LogP contribution in [0.4, 0.5) is 5.69 Å². The minimum Gasteiger partial charge on any atom is -0.490 e. The highest BCUT2D eigenvalue weighted by Crippen LogP contribution is 2.32. The predicted octanol–water partition coefficient (Wildman–Crippen LogP) is 2.82. The molecule has 0 aliphatic carbocycles. The fraction of sp³-hybridized carbons (Fsp3) is 0.333. The zero-order valence-electron chi connectivity index (χ0n) is 7.91. The summed E-state index contributed by atoms with van der Waals surface area (Å²) < 4.78 is 4.90. The molecule has 0 radical (unpaired) electrons. The molecule has 0 heterocycles. The molecule has 0 saturated heterocycles. The number of nitro groups is 1. The van der Waals surface area contributed by atoms with E-state index in [9.17, 15) is 10.1 Å². The molecule has 0 saturated carbocycles. The number of ether oxygens (including phenoxy) is 1. The van der Waals surface area contributed by atoms with Crippen molar-refractivity contribution < 1.29 is 9.66 Å². The zero-order chi connectivity index (χ0) is 10.7. The van der Waals surface area contributed by atoms with Crippen molar-refractivity contribution in [3.8, 4) is 5.75 Å². The summed E-state index contributed by atoms with van der Waals surface area (Å²) in [4.78, 5) is 10.1. The van der Waals surface area contributed by atoms with E-state index >= 15 is 0 Å². The Kier molecular flexibility index (Phi) is 3.30. The van der Waals surface area contributed by atoms with Crippen molar-refractivity contribution in [2.45, 2.75) is 13.3 Å². The van der Waals surface area contributed by atoms with E-state index in [4.69, 9.17) is 16.3 Å². The van der Waals surface area contributed by atoms with E-state index in [-0.39, 0.29) is 11.4 Å². The number of benzene rings is 1. The fourth-order valence-corrected chi connectivity index (χ4v) is 1.45. The first kappa shape index (κ1) is 10.8. The van der Waals surface area contributed by atoms with Gasteiger partial charge in [0.2, 0.25) is 0 Å². The molecule has 0 atom stereocenters. The van der Waals surface area contributed by atoms with Crippen LogP contribution in [0.15, 0.2) is 12.1 Å². The van der Waals surface area contributed by atoms with Gasteiger partial charge in [-0.15, -0.1) is 0 Å². The smallest absolute Gasteiger partial charge is 0.312 e. The summed E-state index contributed by atoms with van der Waals surface area (Å²) >= 11 is 5.84. The van der Waals surface area contributed by atoms with Gasteiger partial charge < -0.3 is 4.74 Å². The van der Waals surface area contributed by atoms with Crippen molar-refractivity contribution in [3.63, 3.8) is 0 Å². The normalized spacial score (nSPS) is 9.93. The van der Waals surface area contributed by atoms with Gasteiger partial charge in [0.1, 0.15) is 0 Å². The number of methoxy groups -OCH3 is 1. The Balaban J connectivity index is 3.31. The molecule has 0 aliphatic heterocycles. The Labute approximate surface area is 86.6 Å². The second kappa shape index (κ2) is 4.28. The van der Waals surface area contributed by atoms with Crippen molar-refractivity contribution in [2.75, 3.05) is 7.11 Å². The predicted molar refractivity (Wildman–Crippen MR) is 54.0 cm³/mol. The first-order chi connectivity index (χ1) is 6.60. The maximum atomic E-state index is 10.6. The van der Waals surface area contributed by atoms with Crippen LogP contribution < -0.4 is 4.74 Å². The SMILES string of the molecule is CCc1cc(OC)c([N+](=O)[O-])cc1Cl. The first-order valence-electron chi connectivity index (χ1n) is 4.11. The molecule has 0 unspecified atom stereocenters. The van der Waals surface area contributed by atoms with Gasteiger partial charge >= 0.3 is 5.69 Å². The Morgan fingerprint density at radius 3 is 2.64 bits per heavy atom. The van der Waals surface area contributed by atoms with E-state index in [1.165, 1.54) is 13.2 Å². The summed E-state index contributed by atoms with van der Waals surface area (Å²) in [5, 5.41) is 11.0. The molecule has 0 amide bonds. The molecule has 1 aromatic carbocycles. The Morgan fingerprint density at radius 2 is 2.21 bits per heavy atom. The number of rotatable bonds is 3. The molecule has 0 bridgehead atoms. The van der Waals surface area contributed by atoms with Crippen molar-refractivity contribution >= 4 is 17.3 Å². The summed E-state index contributed by atoms with van der Waals surface area (Å²) in [5.74, 6) is 0.247. The monoisotopic (exact) mass is 215 g/mol. The van der Waals surface area contributed by atoms with Gasteiger partial charge in [0.05, 0.1) is 17.1 Å². The third-order valence-electron chi connectivity index (χ3n) is 1.93. The highest BCUT2D eigenvalue weighted by molar-refractivity contribution is 6.31. The average Bonchev–Trinajstić information content (AvgIpc) is 2.17. The standard InChI is InChI=1S/C9H10ClNO3/c1-3-6-4-9(14-2)8(11(12)13)5-7(6)10/h4-5H,3H2,1-2H3. The quantitative estimate of drug-likeness (QED) is 0.576. The molecule has 0 N–H and O–H groups in total. The molecular formula is C9H10ClNO3. The molecular weight excluding hydrogens is 206 g/mol. The molecule has 0 fully saturated rings. The van der Waals surface area contributed by atoms with Gasteiger partial charge in [0.15, 0.2) is 5.75 Å². The lowest BCUT2D eigenvalue weighted by Gasteiger charge is -2.05. The van der Waals surface area contributed by atoms with E-state index in [2.05, 4.69) is 0 Å². The van der Waals surface area contributed by atoms with E-state index in [0.29, 0.717) is 11.4 Å². The van der Waals surface area contributed by atoms with Crippen LogP contribution in [0.2, 0.25) is 5.02 Å². The lowest BCUT2D eigenvalue weighted by Crippen LogP contribution is -1.95.